The van der Waals surface area contributed by atoms with E-state index in [1.54, 1.807) is 12.2 Å². The molecule has 176 valence electrons. The molecule has 11 heteroatoms. The number of benzene rings is 1. The van der Waals surface area contributed by atoms with Crippen molar-refractivity contribution in [2.24, 2.45) is 0 Å². The summed E-state index contributed by atoms with van der Waals surface area (Å²) in [4.78, 5) is 23.8. The number of hydrogen-bond donors (Lipinski definition) is 2. The zero-order chi connectivity index (χ0) is 24.0. The molecule has 0 saturated carbocycles. The van der Waals surface area contributed by atoms with Gasteiger partial charge in [0, 0.05) is 6.07 Å². The molecule has 2 atom stereocenters. The number of aliphatic carboxylic acids is 1. The Kier molecular flexibility index (Phi) is 7.80. The highest BCUT2D eigenvalue weighted by atomic mass is 35.5. The summed E-state index contributed by atoms with van der Waals surface area (Å²) in [6.45, 7) is -0.700. The summed E-state index contributed by atoms with van der Waals surface area (Å²) in [6.07, 6.45) is 1.09. The van der Waals surface area contributed by atoms with Crippen molar-refractivity contribution in [1.29, 1.82) is 0 Å². The molecule has 1 aromatic carbocycles. The van der Waals surface area contributed by atoms with E-state index in [4.69, 9.17) is 16.3 Å². The van der Waals surface area contributed by atoms with E-state index >= 15 is 0 Å². The maximum Gasteiger partial charge on any atom is 0.435 e. The second kappa shape index (κ2) is 10.6. The van der Waals surface area contributed by atoms with Crippen LogP contribution in [0.5, 0.6) is 5.88 Å². The lowest BCUT2D eigenvalue weighted by atomic mass is 10.1. The number of carboxylic acid groups (broad SMARTS) is 1. The molecule has 0 spiro atoms. The summed E-state index contributed by atoms with van der Waals surface area (Å²) < 4.78 is 45.8. The fourth-order valence-corrected chi connectivity index (χ4v) is 3.44. The van der Waals surface area contributed by atoms with E-state index in [1.807, 2.05) is 30.3 Å². The quantitative estimate of drug-likeness (QED) is 0.528. The molecule has 1 aliphatic rings. The van der Waals surface area contributed by atoms with Crippen LogP contribution in [0.1, 0.15) is 24.1 Å². The first-order chi connectivity index (χ1) is 15.6. The van der Waals surface area contributed by atoms with Gasteiger partial charge < -0.3 is 15.2 Å². The van der Waals surface area contributed by atoms with Crippen LogP contribution >= 0.6 is 11.6 Å². The number of carboxylic acids is 1. The number of allylic oxidation sites excluding steroid dienone is 4. The van der Waals surface area contributed by atoms with Crippen molar-refractivity contribution in [2.75, 3.05) is 6.61 Å². The summed E-state index contributed by atoms with van der Waals surface area (Å²) >= 11 is 6.20. The monoisotopic (exact) mass is 483 g/mol. The third-order valence-corrected chi connectivity index (χ3v) is 5.23. The summed E-state index contributed by atoms with van der Waals surface area (Å²) in [5.74, 6) is -2.36. The van der Waals surface area contributed by atoms with Crippen molar-refractivity contribution in [3.8, 4) is 5.88 Å². The van der Waals surface area contributed by atoms with Crippen LogP contribution < -0.4 is 10.1 Å². The number of hydrogen-bond acceptors (Lipinski definition) is 4. The molecule has 1 unspecified atom stereocenters. The SMILES string of the molecule is O=C(COc1cc(C(F)(F)F)nn1C1=CC=CCC1Cl)N[C@@H](CCc1ccccc1)C(=O)O. The summed E-state index contributed by atoms with van der Waals surface area (Å²) in [5, 5.41) is 14.6. The smallest absolute Gasteiger partial charge is 0.435 e. The molecule has 0 bridgehead atoms. The molecule has 0 radical (unpaired) electrons. The van der Waals surface area contributed by atoms with Crippen LogP contribution in [0.25, 0.3) is 5.70 Å². The van der Waals surface area contributed by atoms with E-state index in [9.17, 15) is 27.9 Å². The third kappa shape index (κ3) is 6.61. The molecule has 3 rings (SSSR count). The van der Waals surface area contributed by atoms with E-state index in [2.05, 4.69) is 10.4 Å². The number of aromatic nitrogens is 2. The van der Waals surface area contributed by atoms with Crippen LogP contribution in [0.3, 0.4) is 0 Å². The number of nitrogens with zero attached hydrogens (tertiary/aromatic N) is 2. The average Bonchev–Trinajstić information content (AvgIpc) is 3.20. The Morgan fingerprint density at radius 1 is 1.30 bits per heavy atom. The summed E-state index contributed by atoms with van der Waals surface area (Å²) in [5.41, 5.74) is -0.0388. The highest BCUT2D eigenvalue weighted by Gasteiger charge is 2.36. The molecular formula is C22H21ClF3N3O4. The van der Waals surface area contributed by atoms with E-state index in [0.29, 0.717) is 18.9 Å². The number of carbonyl (C=O) groups excluding carboxylic acids is 1. The Labute approximate surface area is 192 Å². The molecule has 33 heavy (non-hydrogen) atoms. The van der Waals surface area contributed by atoms with Crippen molar-refractivity contribution in [2.45, 2.75) is 36.9 Å². The molecule has 7 nitrogen and oxygen atoms in total. The van der Waals surface area contributed by atoms with Gasteiger partial charge in [-0.1, -0.05) is 42.5 Å². The fraction of sp³-hybridized carbons (Fsp3) is 0.318. The van der Waals surface area contributed by atoms with Crippen LogP contribution in [-0.2, 0) is 22.2 Å². The van der Waals surface area contributed by atoms with Gasteiger partial charge in [0.2, 0.25) is 5.88 Å². The van der Waals surface area contributed by atoms with Crippen LogP contribution in [0.2, 0.25) is 0 Å². The molecule has 0 aliphatic heterocycles. The molecular weight excluding hydrogens is 463 g/mol. The number of alkyl halides is 4. The molecule has 0 saturated heterocycles. The number of aryl methyl sites for hydroxylation is 1. The number of amides is 1. The Morgan fingerprint density at radius 3 is 2.67 bits per heavy atom. The van der Waals surface area contributed by atoms with Crippen molar-refractivity contribution in [1.82, 2.24) is 15.1 Å². The Morgan fingerprint density at radius 2 is 2.03 bits per heavy atom. The Hall–Kier alpha value is -3.27. The molecule has 1 aliphatic carbocycles. The van der Waals surface area contributed by atoms with Gasteiger partial charge in [0.05, 0.1) is 11.1 Å². The first kappa shape index (κ1) is 24.4. The topological polar surface area (TPSA) is 93.5 Å². The van der Waals surface area contributed by atoms with E-state index in [-0.39, 0.29) is 18.0 Å². The minimum absolute atomic E-state index is 0.133. The zero-order valence-corrected chi connectivity index (χ0v) is 18.0. The number of nitrogens with one attached hydrogen (secondary N) is 1. The lowest BCUT2D eigenvalue weighted by Gasteiger charge is -2.18. The van der Waals surface area contributed by atoms with Crippen LogP contribution in [0.4, 0.5) is 13.2 Å². The van der Waals surface area contributed by atoms with Crippen LogP contribution in [0, 0.1) is 0 Å². The predicted octanol–water partition coefficient (Wildman–Crippen LogP) is 3.89. The van der Waals surface area contributed by atoms with Gasteiger partial charge in [0.1, 0.15) is 6.04 Å². The average molecular weight is 484 g/mol. The van der Waals surface area contributed by atoms with Crippen molar-refractivity contribution in [3.05, 3.63) is 65.9 Å². The zero-order valence-electron chi connectivity index (χ0n) is 17.3. The molecule has 2 N–H and O–H groups in total. The lowest BCUT2D eigenvalue weighted by molar-refractivity contribution is -0.142. The van der Waals surface area contributed by atoms with Gasteiger partial charge in [0.25, 0.3) is 5.91 Å². The van der Waals surface area contributed by atoms with Gasteiger partial charge in [-0.25, -0.2) is 9.48 Å². The minimum atomic E-state index is -4.73. The first-order valence-electron chi connectivity index (χ1n) is 10.0. The van der Waals surface area contributed by atoms with Crippen molar-refractivity contribution >= 4 is 29.2 Å². The highest BCUT2D eigenvalue weighted by molar-refractivity contribution is 6.25. The number of rotatable bonds is 9. The van der Waals surface area contributed by atoms with E-state index < -0.39 is 41.8 Å². The number of halogens is 4. The maximum atomic E-state index is 13.2. The predicted molar refractivity (Wildman–Crippen MR) is 115 cm³/mol. The normalized spacial score (nSPS) is 16.7. The summed E-state index contributed by atoms with van der Waals surface area (Å²) in [7, 11) is 0. The maximum absolute atomic E-state index is 13.2. The molecule has 2 aromatic rings. The Balaban J connectivity index is 1.68. The molecule has 0 fully saturated rings. The van der Waals surface area contributed by atoms with E-state index in [0.717, 1.165) is 10.2 Å². The van der Waals surface area contributed by atoms with Gasteiger partial charge in [-0.2, -0.15) is 18.3 Å². The van der Waals surface area contributed by atoms with Gasteiger partial charge in [-0.05, 0) is 30.9 Å². The van der Waals surface area contributed by atoms with Crippen molar-refractivity contribution < 1.29 is 32.6 Å². The molecule has 1 aromatic heterocycles. The van der Waals surface area contributed by atoms with Gasteiger partial charge in [-0.15, -0.1) is 11.6 Å². The standard InChI is InChI=1S/C22H21ClF3N3O4/c23-15-8-4-5-9-17(15)29-20(12-18(28-29)22(24,25)26)33-13-19(30)27-16(21(31)32)11-10-14-6-2-1-3-7-14/h1-7,9,12,15-16H,8,10-11,13H2,(H,27,30)(H,31,32)/t15?,16-/m0/s1. The minimum Gasteiger partial charge on any atom is -0.480 e. The third-order valence-electron chi connectivity index (χ3n) is 4.83. The van der Waals surface area contributed by atoms with Gasteiger partial charge in [0.15, 0.2) is 12.3 Å². The van der Waals surface area contributed by atoms with Crippen LogP contribution in [-0.4, -0.2) is 44.8 Å². The second-order valence-corrected chi connectivity index (χ2v) is 7.80. The molecule has 1 heterocycles. The van der Waals surface area contributed by atoms with Crippen LogP contribution in [0.15, 0.2) is 54.6 Å². The molecule has 1 amide bonds. The van der Waals surface area contributed by atoms with Gasteiger partial charge in [-0.3, -0.25) is 4.79 Å². The lowest BCUT2D eigenvalue weighted by Crippen LogP contribution is -2.43. The number of carbonyl (C=O) groups is 2. The first-order valence-corrected chi connectivity index (χ1v) is 10.5. The largest absolute Gasteiger partial charge is 0.480 e. The fourth-order valence-electron chi connectivity index (χ4n) is 3.17. The van der Waals surface area contributed by atoms with Gasteiger partial charge >= 0.3 is 12.1 Å². The highest BCUT2D eigenvalue weighted by Crippen LogP contribution is 2.34. The van der Waals surface area contributed by atoms with E-state index in [1.165, 1.54) is 6.08 Å². The second-order valence-electron chi connectivity index (χ2n) is 7.27. The summed E-state index contributed by atoms with van der Waals surface area (Å²) in [6, 6.07) is 8.62. The number of ether oxygens (including phenoxy) is 1. The van der Waals surface area contributed by atoms with Crippen molar-refractivity contribution in [3.63, 3.8) is 0 Å². The Bertz CT molecular complexity index is 1050.